The van der Waals surface area contributed by atoms with E-state index in [1.807, 2.05) is 25.1 Å². The highest BCUT2D eigenvalue weighted by Gasteiger charge is 2.20. The number of aliphatic hydroxyl groups excluding tert-OH is 1. The third-order valence-corrected chi connectivity index (χ3v) is 3.51. The van der Waals surface area contributed by atoms with Crippen LogP contribution in [-0.2, 0) is 4.79 Å². The molecule has 2 N–H and O–H groups in total. The normalized spacial score (nSPS) is 14.8. The second-order valence-corrected chi connectivity index (χ2v) is 5.10. The van der Waals surface area contributed by atoms with E-state index in [0.717, 1.165) is 17.0 Å². The lowest BCUT2D eigenvalue weighted by molar-refractivity contribution is -0.117. The average Bonchev–Trinajstić information content (AvgIpc) is 2.33. The van der Waals surface area contributed by atoms with Gasteiger partial charge in [-0.15, -0.1) is 0 Å². The lowest BCUT2D eigenvalue weighted by Crippen LogP contribution is -2.20. The van der Waals surface area contributed by atoms with Crippen LogP contribution in [0.4, 0.5) is 5.69 Å². The highest BCUT2D eigenvalue weighted by Crippen LogP contribution is 2.30. The van der Waals surface area contributed by atoms with Gasteiger partial charge in [0.05, 0.1) is 6.61 Å². The molecule has 4 heteroatoms. The van der Waals surface area contributed by atoms with Crippen LogP contribution in [0.15, 0.2) is 18.2 Å². The number of hydrogen-bond acceptors (Lipinski definition) is 3. The van der Waals surface area contributed by atoms with E-state index in [1.54, 1.807) is 0 Å². The number of aryl methyl sites for hydroxylation is 1. The van der Waals surface area contributed by atoms with Crippen molar-refractivity contribution in [3.05, 3.63) is 23.8 Å². The summed E-state index contributed by atoms with van der Waals surface area (Å²) in [6.07, 6.45) is 4.25. The van der Waals surface area contributed by atoms with Crippen molar-refractivity contribution in [1.82, 2.24) is 0 Å². The number of hydrogen-bond donors (Lipinski definition) is 2. The van der Waals surface area contributed by atoms with E-state index < -0.39 is 0 Å². The molecule has 0 spiro atoms. The topological polar surface area (TPSA) is 58.6 Å². The second kappa shape index (κ2) is 6.57. The molecule has 1 aromatic rings. The van der Waals surface area contributed by atoms with Crippen molar-refractivity contribution in [2.24, 2.45) is 5.92 Å². The molecule has 0 unspecified atom stereocenters. The van der Waals surface area contributed by atoms with Crippen molar-refractivity contribution in [2.45, 2.75) is 32.6 Å². The summed E-state index contributed by atoms with van der Waals surface area (Å²) in [5.74, 6) is 1.41. The van der Waals surface area contributed by atoms with Crippen molar-refractivity contribution in [3.8, 4) is 5.75 Å². The van der Waals surface area contributed by atoms with E-state index in [2.05, 4.69) is 5.32 Å². The first-order chi connectivity index (χ1) is 9.19. The zero-order valence-corrected chi connectivity index (χ0v) is 11.3. The van der Waals surface area contributed by atoms with Gasteiger partial charge in [0.25, 0.3) is 0 Å². The van der Waals surface area contributed by atoms with Gasteiger partial charge in [0, 0.05) is 12.1 Å². The summed E-state index contributed by atoms with van der Waals surface area (Å²) in [6, 6.07) is 5.55. The predicted molar refractivity (Wildman–Crippen MR) is 74.3 cm³/mol. The van der Waals surface area contributed by atoms with Crippen LogP contribution in [-0.4, -0.2) is 24.2 Å². The van der Waals surface area contributed by atoms with E-state index in [1.165, 1.54) is 19.3 Å². The summed E-state index contributed by atoms with van der Waals surface area (Å²) in [5.41, 5.74) is 1.76. The molecule has 19 heavy (non-hydrogen) atoms. The molecule has 0 saturated heterocycles. The van der Waals surface area contributed by atoms with Gasteiger partial charge < -0.3 is 15.2 Å². The molecule has 0 heterocycles. The molecule has 1 aliphatic carbocycles. The maximum absolute atomic E-state index is 11.8. The first kappa shape index (κ1) is 13.9. The second-order valence-electron chi connectivity index (χ2n) is 5.10. The molecular weight excluding hydrogens is 242 g/mol. The maximum Gasteiger partial charge on any atom is 0.224 e. The number of aliphatic hydroxyl groups is 1. The molecule has 4 nitrogen and oxygen atoms in total. The van der Waals surface area contributed by atoms with Gasteiger partial charge in [0.2, 0.25) is 5.91 Å². The quantitative estimate of drug-likeness (QED) is 0.829. The SMILES string of the molecule is Cc1cc(NC(=O)CC2CCC2)ccc1OCCO. The number of nitrogens with one attached hydrogen (secondary N) is 1. The predicted octanol–water partition coefficient (Wildman–Crippen LogP) is 2.49. The molecule has 2 rings (SSSR count). The van der Waals surface area contributed by atoms with Crippen molar-refractivity contribution >= 4 is 11.6 Å². The fourth-order valence-corrected chi connectivity index (χ4v) is 2.22. The smallest absolute Gasteiger partial charge is 0.224 e. The van der Waals surface area contributed by atoms with Gasteiger partial charge in [-0.25, -0.2) is 0 Å². The highest BCUT2D eigenvalue weighted by molar-refractivity contribution is 5.91. The number of amides is 1. The minimum absolute atomic E-state index is 0.000679. The molecule has 1 aromatic carbocycles. The Morgan fingerprint density at radius 2 is 2.26 bits per heavy atom. The van der Waals surface area contributed by atoms with Crippen LogP contribution in [0.1, 0.15) is 31.2 Å². The van der Waals surface area contributed by atoms with Gasteiger partial charge in [0.15, 0.2) is 0 Å². The van der Waals surface area contributed by atoms with Crippen LogP contribution in [0.25, 0.3) is 0 Å². The van der Waals surface area contributed by atoms with Crippen molar-refractivity contribution in [2.75, 3.05) is 18.5 Å². The molecule has 104 valence electrons. The van der Waals surface area contributed by atoms with E-state index >= 15 is 0 Å². The Morgan fingerprint density at radius 1 is 1.47 bits per heavy atom. The van der Waals surface area contributed by atoms with Gasteiger partial charge in [-0.3, -0.25) is 4.79 Å². The van der Waals surface area contributed by atoms with Crippen molar-refractivity contribution in [1.29, 1.82) is 0 Å². The minimum atomic E-state index is -0.000679. The number of carbonyl (C=O) groups excluding carboxylic acids is 1. The van der Waals surface area contributed by atoms with E-state index in [4.69, 9.17) is 9.84 Å². The molecule has 0 aliphatic heterocycles. The molecular formula is C15H21NO3. The minimum Gasteiger partial charge on any atom is -0.491 e. The lowest BCUT2D eigenvalue weighted by atomic mass is 9.83. The zero-order chi connectivity index (χ0) is 13.7. The van der Waals surface area contributed by atoms with Gasteiger partial charge in [-0.1, -0.05) is 6.42 Å². The summed E-state index contributed by atoms with van der Waals surface area (Å²) in [6.45, 7) is 2.21. The number of benzene rings is 1. The molecule has 1 amide bonds. The van der Waals surface area contributed by atoms with Crippen molar-refractivity contribution in [3.63, 3.8) is 0 Å². The Balaban J connectivity index is 1.89. The Hall–Kier alpha value is -1.55. The number of anilines is 1. The molecule has 1 saturated carbocycles. The third-order valence-electron chi connectivity index (χ3n) is 3.51. The fraction of sp³-hybridized carbons (Fsp3) is 0.533. The van der Waals surface area contributed by atoms with E-state index in [0.29, 0.717) is 12.3 Å². The van der Waals surface area contributed by atoms with Crippen molar-refractivity contribution < 1.29 is 14.6 Å². The molecule has 0 aromatic heterocycles. The van der Waals surface area contributed by atoms with Crippen LogP contribution in [0.2, 0.25) is 0 Å². The zero-order valence-electron chi connectivity index (χ0n) is 11.3. The van der Waals surface area contributed by atoms with E-state index in [9.17, 15) is 4.79 Å². The van der Waals surface area contributed by atoms with Gasteiger partial charge in [0.1, 0.15) is 12.4 Å². The van der Waals surface area contributed by atoms with Crippen LogP contribution in [0.3, 0.4) is 0 Å². The van der Waals surface area contributed by atoms with E-state index in [-0.39, 0.29) is 19.1 Å². The molecule has 1 fully saturated rings. The highest BCUT2D eigenvalue weighted by atomic mass is 16.5. The summed E-state index contributed by atoms with van der Waals surface area (Å²) in [7, 11) is 0. The molecule has 0 atom stereocenters. The van der Waals surface area contributed by atoms with Gasteiger partial charge in [-0.2, -0.15) is 0 Å². The van der Waals surface area contributed by atoms with Crippen LogP contribution < -0.4 is 10.1 Å². The first-order valence-electron chi connectivity index (χ1n) is 6.83. The van der Waals surface area contributed by atoms with Crippen LogP contribution in [0, 0.1) is 12.8 Å². The number of ether oxygens (including phenoxy) is 1. The summed E-state index contributed by atoms with van der Waals surface area (Å²) >= 11 is 0. The lowest BCUT2D eigenvalue weighted by Gasteiger charge is -2.24. The number of carbonyl (C=O) groups is 1. The van der Waals surface area contributed by atoms with Crippen LogP contribution >= 0.6 is 0 Å². The summed E-state index contributed by atoms with van der Waals surface area (Å²) in [4.78, 5) is 11.8. The molecule has 0 radical (unpaired) electrons. The first-order valence-corrected chi connectivity index (χ1v) is 6.83. The van der Waals surface area contributed by atoms with Gasteiger partial charge in [-0.05, 0) is 49.4 Å². The maximum atomic E-state index is 11.8. The summed E-state index contributed by atoms with van der Waals surface area (Å²) in [5, 5.41) is 11.6. The van der Waals surface area contributed by atoms with Crippen LogP contribution in [0.5, 0.6) is 5.75 Å². The Kier molecular flexibility index (Phi) is 4.80. The Bertz CT molecular complexity index is 441. The fourth-order valence-electron chi connectivity index (χ4n) is 2.22. The monoisotopic (exact) mass is 263 g/mol. The van der Waals surface area contributed by atoms with Gasteiger partial charge >= 0.3 is 0 Å². The molecule has 1 aliphatic rings. The molecule has 0 bridgehead atoms. The largest absolute Gasteiger partial charge is 0.491 e. The Labute approximate surface area is 113 Å². The number of rotatable bonds is 6. The average molecular weight is 263 g/mol. The third kappa shape index (κ3) is 3.96. The Morgan fingerprint density at radius 3 is 2.84 bits per heavy atom. The summed E-state index contributed by atoms with van der Waals surface area (Å²) < 4.78 is 5.37. The standard InChI is InChI=1S/C15H21NO3/c1-11-9-13(5-6-14(11)19-8-7-17)16-15(18)10-12-3-2-4-12/h5-6,9,12,17H,2-4,7-8,10H2,1H3,(H,16,18).